The van der Waals surface area contributed by atoms with E-state index in [1.54, 1.807) is 0 Å². The molecule has 1 aromatic carbocycles. The Hall–Kier alpha value is -0.820. The van der Waals surface area contributed by atoms with E-state index >= 15 is 0 Å². The second-order valence-corrected chi connectivity index (χ2v) is 5.19. The van der Waals surface area contributed by atoms with Crippen molar-refractivity contribution >= 4 is 0 Å². The van der Waals surface area contributed by atoms with Crippen LogP contribution in [0.1, 0.15) is 57.1 Å². The summed E-state index contributed by atoms with van der Waals surface area (Å²) in [5, 5.41) is 0. The topological polar surface area (TPSA) is 3.24 Å². The Labute approximate surface area is 113 Å². The molecule has 102 valence electrons. The smallest absolute Gasteiger partial charge is 0.0233 e. The Kier molecular flexibility index (Phi) is 7.04. The van der Waals surface area contributed by atoms with E-state index in [4.69, 9.17) is 0 Å². The van der Waals surface area contributed by atoms with Crippen LogP contribution >= 0.6 is 0 Å². The SMILES string of the molecule is CC.Cc1ccc(CN(C)C2CCCCC2)cc1. The summed E-state index contributed by atoms with van der Waals surface area (Å²) in [7, 11) is 2.27. The van der Waals surface area contributed by atoms with Crippen LogP contribution in [0.5, 0.6) is 0 Å². The van der Waals surface area contributed by atoms with Gasteiger partial charge in [0.2, 0.25) is 0 Å². The molecule has 0 unspecified atom stereocenters. The summed E-state index contributed by atoms with van der Waals surface area (Å²) in [4.78, 5) is 2.53. The molecule has 1 aromatic rings. The van der Waals surface area contributed by atoms with Crippen LogP contribution in [0.3, 0.4) is 0 Å². The third-order valence-corrected chi connectivity index (χ3v) is 3.75. The Morgan fingerprint density at radius 1 is 1.00 bits per heavy atom. The summed E-state index contributed by atoms with van der Waals surface area (Å²) in [6.07, 6.45) is 7.06. The lowest BCUT2D eigenvalue weighted by Gasteiger charge is -2.31. The van der Waals surface area contributed by atoms with Crippen LogP contribution in [0.25, 0.3) is 0 Å². The zero-order valence-corrected chi connectivity index (χ0v) is 12.6. The van der Waals surface area contributed by atoms with Gasteiger partial charge < -0.3 is 0 Å². The van der Waals surface area contributed by atoms with Crippen molar-refractivity contribution < 1.29 is 0 Å². The molecular formula is C17H29N. The molecule has 0 radical (unpaired) electrons. The molecule has 0 aromatic heterocycles. The number of nitrogens with zero attached hydrogens (tertiary/aromatic N) is 1. The molecule has 1 aliphatic carbocycles. The number of rotatable bonds is 3. The van der Waals surface area contributed by atoms with Gasteiger partial charge in [-0.15, -0.1) is 0 Å². The van der Waals surface area contributed by atoms with E-state index in [0.717, 1.165) is 12.6 Å². The predicted octanol–water partition coefficient (Wildman–Crippen LogP) is 4.79. The number of aryl methyl sites for hydroxylation is 1. The zero-order chi connectivity index (χ0) is 13.4. The van der Waals surface area contributed by atoms with Crippen molar-refractivity contribution in [1.82, 2.24) is 4.90 Å². The molecule has 0 bridgehead atoms. The van der Waals surface area contributed by atoms with Crippen molar-refractivity contribution in [2.24, 2.45) is 0 Å². The van der Waals surface area contributed by atoms with Gasteiger partial charge in [0.1, 0.15) is 0 Å². The van der Waals surface area contributed by atoms with Crippen LogP contribution in [-0.2, 0) is 6.54 Å². The van der Waals surface area contributed by atoms with Gasteiger partial charge in [0, 0.05) is 12.6 Å². The maximum Gasteiger partial charge on any atom is 0.0233 e. The molecule has 0 atom stereocenters. The fourth-order valence-corrected chi connectivity index (χ4v) is 2.63. The van der Waals surface area contributed by atoms with Crippen molar-refractivity contribution in [2.75, 3.05) is 7.05 Å². The van der Waals surface area contributed by atoms with Gasteiger partial charge in [-0.1, -0.05) is 62.9 Å². The Morgan fingerprint density at radius 2 is 1.56 bits per heavy atom. The van der Waals surface area contributed by atoms with Crippen LogP contribution in [0, 0.1) is 6.92 Å². The quantitative estimate of drug-likeness (QED) is 0.742. The largest absolute Gasteiger partial charge is 0.299 e. The van der Waals surface area contributed by atoms with E-state index in [-0.39, 0.29) is 0 Å². The van der Waals surface area contributed by atoms with Crippen LogP contribution in [0.15, 0.2) is 24.3 Å². The first kappa shape index (κ1) is 15.2. The number of hydrogen-bond donors (Lipinski definition) is 0. The maximum absolute atomic E-state index is 2.53. The summed E-state index contributed by atoms with van der Waals surface area (Å²) >= 11 is 0. The summed E-state index contributed by atoms with van der Waals surface area (Å²) in [5.74, 6) is 0. The molecule has 0 N–H and O–H groups in total. The second kappa shape index (κ2) is 8.31. The van der Waals surface area contributed by atoms with Crippen LogP contribution in [0.4, 0.5) is 0 Å². The molecule has 1 nitrogen and oxygen atoms in total. The van der Waals surface area contributed by atoms with Crippen LogP contribution in [0.2, 0.25) is 0 Å². The monoisotopic (exact) mass is 247 g/mol. The molecule has 0 aliphatic heterocycles. The van der Waals surface area contributed by atoms with Gasteiger partial charge >= 0.3 is 0 Å². The number of benzene rings is 1. The lowest BCUT2D eigenvalue weighted by atomic mass is 9.94. The van der Waals surface area contributed by atoms with Gasteiger partial charge in [-0.2, -0.15) is 0 Å². The minimum Gasteiger partial charge on any atom is -0.299 e. The summed E-state index contributed by atoms with van der Waals surface area (Å²) < 4.78 is 0. The van der Waals surface area contributed by atoms with E-state index in [1.165, 1.54) is 43.2 Å². The van der Waals surface area contributed by atoms with Gasteiger partial charge in [0.15, 0.2) is 0 Å². The van der Waals surface area contributed by atoms with E-state index in [2.05, 4.69) is 43.1 Å². The Bertz CT molecular complexity index is 309. The first-order valence-electron chi connectivity index (χ1n) is 7.51. The first-order chi connectivity index (χ1) is 8.75. The third kappa shape index (κ3) is 4.81. The molecule has 0 saturated heterocycles. The minimum atomic E-state index is 0.815. The van der Waals surface area contributed by atoms with Gasteiger partial charge in [-0.3, -0.25) is 4.90 Å². The molecule has 2 rings (SSSR count). The average molecular weight is 247 g/mol. The van der Waals surface area contributed by atoms with Crippen molar-refractivity contribution in [3.63, 3.8) is 0 Å². The van der Waals surface area contributed by atoms with Gasteiger partial charge in [0.05, 0.1) is 0 Å². The lowest BCUT2D eigenvalue weighted by Crippen LogP contribution is -2.32. The van der Waals surface area contributed by atoms with Crippen LogP contribution in [-0.4, -0.2) is 18.0 Å². The molecule has 1 saturated carbocycles. The summed E-state index contributed by atoms with van der Waals surface area (Å²) in [5.41, 5.74) is 2.79. The first-order valence-corrected chi connectivity index (χ1v) is 7.51. The third-order valence-electron chi connectivity index (χ3n) is 3.75. The summed E-state index contributed by atoms with van der Waals surface area (Å²) in [6, 6.07) is 9.76. The zero-order valence-electron chi connectivity index (χ0n) is 12.6. The fourth-order valence-electron chi connectivity index (χ4n) is 2.63. The normalized spacial score (nSPS) is 16.3. The van der Waals surface area contributed by atoms with E-state index < -0.39 is 0 Å². The van der Waals surface area contributed by atoms with Gasteiger partial charge in [-0.25, -0.2) is 0 Å². The van der Waals surface area contributed by atoms with Crippen molar-refractivity contribution in [2.45, 2.75) is 65.5 Å². The highest BCUT2D eigenvalue weighted by Gasteiger charge is 2.17. The Balaban J connectivity index is 0.000000771. The molecular weight excluding hydrogens is 218 g/mol. The standard InChI is InChI=1S/C15H23N.C2H6/c1-13-8-10-14(11-9-13)12-16(2)15-6-4-3-5-7-15;1-2/h8-11,15H,3-7,12H2,1-2H3;1-2H3. The number of hydrogen-bond acceptors (Lipinski definition) is 1. The van der Waals surface area contributed by atoms with Crippen LogP contribution < -0.4 is 0 Å². The fraction of sp³-hybridized carbons (Fsp3) is 0.647. The minimum absolute atomic E-state index is 0.815. The van der Waals surface area contributed by atoms with Crippen molar-refractivity contribution in [3.8, 4) is 0 Å². The van der Waals surface area contributed by atoms with Crippen molar-refractivity contribution in [3.05, 3.63) is 35.4 Å². The molecule has 18 heavy (non-hydrogen) atoms. The highest BCUT2D eigenvalue weighted by Crippen LogP contribution is 2.22. The van der Waals surface area contributed by atoms with Gasteiger partial charge in [-0.05, 0) is 32.4 Å². The average Bonchev–Trinajstić information content (AvgIpc) is 2.44. The highest BCUT2D eigenvalue weighted by molar-refractivity contribution is 5.21. The predicted molar refractivity (Wildman–Crippen MR) is 80.9 cm³/mol. The summed E-state index contributed by atoms with van der Waals surface area (Å²) in [6.45, 7) is 7.25. The van der Waals surface area contributed by atoms with E-state index in [0.29, 0.717) is 0 Å². The van der Waals surface area contributed by atoms with Crippen molar-refractivity contribution in [1.29, 1.82) is 0 Å². The molecule has 0 heterocycles. The second-order valence-electron chi connectivity index (χ2n) is 5.19. The van der Waals surface area contributed by atoms with E-state index in [1.807, 2.05) is 13.8 Å². The molecule has 1 fully saturated rings. The molecule has 0 amide bonds. The van der Waals surface area contributed by atoms with E-state index in [9.17, 15) is 0 Å². The molecule has 1 aliphatic rings. The lowest BCUT2D eigenvalue weighted by molar-refractivity contribution is 0.184. The maximum atomic E-state index is 2.53. The molecule has 0 spiro atoms. The Morgan fingerprint density at radius 3 is 2.11 bits per heavy atom. The highest BCUT2D eigenvalue weighted by atomic mass is 15.1. The molecule has 1 heteroatoms. The van der Waals surface area contributed by atoms with Gasteiger partial charge in [0.25, 0.3) is 0 Å².